The van der Waals surface area contributed by atoms with Gasteiger partial charge in [-0.05, 0) is 42.7 Å². The van der Waals surface area contributed by atoms with Crippen LogP contribution >= 0.6 is 11.6 Å². The first kappa shape index (κ1) is 18.2. The summed E-state index contributed by atoms with van der Waals surface area (Å²) >= 11 is 5.87. The van der Waals surface area contributed by atoms with Crippen LogP contribution in [0.3, 0.4) is 0 Å². The molecule has 1 amide bonds. The maximum absolute atomic E-state index is 12.0. The molecule has 6 heteroatoms. The van der Waals surface area contributed by atoms with E-state index in [-0.39, 0.29) is 5.91 Å². The number of halogens is 1. The van der Waals surface area contributed by atoms with E-state index < -0.39 is 0 Å². The Morgan fingerprint density at radius 3 is 2.75 bits per heavy atom. The number of carbonyl (C=O) groups excluding carboxylic acids is 1. The van der Waals surface area contributed by atoms with Crippen LogP contribution in [0, 0.1) is 0 Å². The number of carbonyl (C=O) groups is 1. The molecule has 0 aliphatic rings. The minimum absolute atomic E-state index is 0.174. The monoisotopic (exact) mass is 347 g/mol. The van der Waals surface area contributed by atoms with Crippen LogP contribution in [0.5, 0.6) is 0 Å². The summed E-state index contributed by atoms with van der Waals surface area (Å²) in [4.78, 5) is 16.1. The summed E-state index contributed by atoms with van der Waals surface area (Å²) < 4.78 is 4.95. The molecule has 0 saturated carbocycles. The van der Waals surface area contributed by atoms with E-state index in [1.807, 2.05) is 30.3 Å². The Morgan fingerprint density at radius 2 is 2.00 bits per heavy atom. The Bertz CT molecular complexity index is 647. The second-order valence-electron chi connectivity index (χ2n) is 5.34. The van der Waals surface area contributed by atoms with Crippen LogP contribution in [0.2, 0.25) is 5.02 Å². The molecule has 1 heterocycles. The maximum Gasteiger partial charge on any atom is 0.269 e. The van der Waals surface area contributed by atoms with Crippen LogP contribution in [-0.2, 0) is 11.2 Å². The van der Waals surface area contributed by atoms with Crippen molar-refractivity contribution in [2.45, 2.75) is 12.8 Å². The van der Waals surface area contributed by atoms with Gasteiger partial charge < -0.3 is 15.4 Å². The molecule has 128 valence electrons. The molecule has 0 atom stereocenters. The van der Waals surface area contributed by atoms with E-state index in [2.05, 4.69) is 15.6 Å². The minimum Gasteiger partial charge on any atom is -0.385 e. The van der Waals surface area contributed by atoms with Gasteiger partial charge in [0, 0.05) is 43.7 Å². The molecule has 2 N–H and O–H groups in total. The second kappa shape index (κ2) is 9.90. The quantitative estimate of drug-likeness (QED) is 0.684. The van der Waals surface area contributed by atoms with Crippen molar-refractivity contribution in [2.75, 3.05) is 32.1 Å². The number of anilines is 1. The van der Waals surface area contributed by atoms with Gasteiger partial charge in [-0.15, -0.1) is 0 Å². The molecule has 0 aliphatic carbocycles. The van der Waals surface area contributed by atoms with Gasteiger partial charge in [-0.2, -0.15) is 0 Å². The van der Waals surface area contributed by atoms with Crippen LogP contribution in [0.15, 0.2) is 42.6 Å². The number of ether oxygens (including phenoxy) is 1. The van der Waals surface area contributed by atoms with Crippen LogP contribution in [0.4, 0.5) is 5.69 Å². The standard InChI is InChI=1S/C18H22ClN3O2/c1-24-12-2-9-22-18(23)17-13-16(8-11-21-17)20-10-7-14-3-5-15(19)6-4-14/h3-6,8,11,13H,2,7,9-10,12H2,1H3,(H,20,21)(H,22,23). The number of amides is 1. The van der Waals surface area contributed by atoms with Crippen molar-refractivity contribution in [3.63, 3.8) is 0 Å². The number of nitrogens with one attached hydrogen (secondary N) is 2. The first-order chi connectivity index (χ1) is 11.7. The molecule has 0 unspecified atom stereocenters. The van der Waals surface area contributed by atoms with E-state index in [1.54, 1.807) is 19.4 Å². The largest absolute Gasteiger partial charge is 0.385 e. The third kappa shape index (κ3) is 6.18. The fourth-order valence-electron chi connectivity index (χ4n) is 2.18. The predicted molar refractivity (Wildman–Crippen MR) is 96.7 cm³/mol. The van der Waals surface area contributed by atoms with Gasteiger partial charge in [-0.1, -0.05) is 23.7 Å². The highest BCUT2D eigenvalue weighted by Crippen LogP contribution is 2.11. The van der Waals surface area contributed by atoms with Crippen molar-refractivity contribution in [3.05, 3.63) is 58.9 Å². The highest BCUT2D eigenvalue weighted by Gasteiger charge is 2.07. The fourth-order valence-corrected chi connectivity index (χ4v) is 2.30. The Labute approximate surface area is 147 Å². The highest BCUT2D eigenvalue weighted by molar-refractivity contribution is 6.30. The van der Waals surface area contributed by atoms with Crippen molar-refractivity contribution in [3.8, 4) is 0 Å². The molecule has 0 radical (unpaired) electrons. The zero-order valence-corrected chi connectivity index (χ0v) is 14.5. The molecule has 24 heavy (non-hydrogen) atoms. The Hall–Kier alpha value is -2.11. The third-order valence-electron chi connectivity index (χ3n) is 3.46. The number of benzene rings is 1. The van der Waals surface area contributed by atoms with E-state index in [4.69, 9.17) is 16.3 Å². The van der Waals surface area contributed by atoms with Crippen molar-refractivity contribution in [1.82, 2.24) is 10.3 Å². The van der Waals surface area contributed by atoms with Crippen LogP contribution in [-0.4, -0.2) is 37.7 Å². The van der Waals surface area contributed by atoms with Gasteiger partial charge in [-0.25, -0.2) is 0 Å². The van der Waals surface area contributed by atoms with Crippen molar-refractivity contribution < 1.29 is 9.53 Å². The van der Waals surface area contributed by atoms with Gasteiger partial charge >= 0.3 is 0 Å². The van der Waals surface area contributed by atoms with Gasteiger partial charge in [0.05, 0.1) is 0 Å². The number of methoxy groups -OCH3 is 1. The summed E-state index contributed by atoms with van der Waals surface area (Å²) in [6.45, 7) is 1.96. The SMILES string of the molecule is COCCCNC(=O)c1cc(NCCc2ccc(Cl)cc2)ccn1. The number of pyridine rings is 1. The van der Waals surface area contributed by atoms with Gasteiger partial charge in [0.15, 0.2) is 0 Å². The minimum atomic E-state index is -0.174. The zero-order chi connectivity index (χ0) is 17.2. The lowest BCUT2D eigenvalue weighted by Crippen LogP contribution is -2.26. The molecule has 0 fully saturated rings. The maximum atomic E-state index is 12.0. The predicted octanol–water partition coefficient (Wildman–Crippen LogP) is 3.16. The van der Waals surface area contributed by atoms with Crippen LogP contribution < -0.4 is 10.6 Å². The van der Waals surface area contributed by atoms with Gasteiger partial charge in [0.25, 0.3) is 5.91 Å². The normalized spacial score (nSPS) is 10.4. The molecule has 2 rings (SSSR count). The Kier molecular flexibility index (Phi) is 7.52. The van der Waals surface area contributed by atoms with Gasteiger partial charge in [0.1, 0.15) is 5.69 Å². The van der Waals surface area contributed by atoms with Crippen molar-refractivity contribution in [2.24, 2.45) is 0 Å². The second-order valence-corrected chi connectivity index (χ2v) is 5.77. The van der Waals surface area contributed by atoms with Crippen molar-refractivity contribution >= 4 is 23.2 Å². The van der Waals surface area contributed by atoms with Gasteiger partial charge in [0.2, 0.25) is 0 Å². The number of aromatic nitrogens is 1. The zero-order valence-electron chi connectivity index (χ0n) is 13.7. The topological polar surface area (TPSA) is 63.2 Å². The third-order valence-corrected chi connectivity index (χ3v) is 3.71. The fraction of sp³-hybridized carbons (Fsp3) is 0.333. The lowest BCUT2D eigenvalue weighted by Gasteiger charge is -2.09. The smallest absolute Gasteiger partial charge is 0.269 e. The molecular weight excluding hydrogens is 326 g/mol. The molecule has 1 aromatic carbocycles. The summed E-state index contributed by atoms with van der Waals surface area (Å²) in [5.74, 6) is -0.174. The molecule has 5 nitrogen and oxygen atoms in total. The number of rotatable bonds is 9. The molecule has 0 spiro atoms. The Balaban J connectivity index is 1.81. The first-order valence-electron chi connectivity index (χ1n) is 7.90. The molecule has 1 aromatic heterocycles. The van der Waals surface area contributed by atoms with E-state index in [0.717, 1.165) is 30.1 Å². The number of hydrogen-bond donors (Lipinski definition) is 2. The Morgan fingerprint density at radius 1 is 1.21 bits per heavy atom. The van der Waals surface area contributed by atoms with E-state index >= 15 is 0 Å². The van der Waals surface area contributed by atoms with E-state index in [9.17, 15) is 4.79 Å². The summed E-state index contributed by atoms with van der Waals surface area (Å²) in [6, 6.07) is 11.4. The first-order valence-corrected chi connectivity index (χ1v) is 8.28. The van der Waals surface area contributed by atoms with Gasteiger partial charge in [-0.3, -0.25) is 9.78 Å². The van der Waals surface area contributed by atoms with Crippen LogP contribution in [0.25, 0.3) is 0 Å². The summed E-state index contributed by atoms with van der Waals surface area (Å²) in [7, 11) is 1.64. The van der Waals surface area contributed by atoms with E-state index in [1.165, 1.54) is 5.56 Å². The molecule has 0 bridgehead atoms. The molecule has 0 saturated heterocycles. The molecule has 2 aromatic rings. The van der Waals surface area contributed by atoms with Crippen LogP contribution in [0.1, 0.15) is 22.5 Å². The lowest BCUT2D eigenvalue weighted by molar-refractivity contribution is 0.0943. The van der Waals surface area contributed by atoms with E-state index in [0.29, 0.717) is 18.8 Å². The molecular formula is C18H22ClN3O2. The average Bonchev–Trinajstić information content (AvgIpc) is 2.60. The summed E-state index contributed by atoms with van der Waals surface area (Å²) in [5.41, 5.74) is 2.49. The highest BCUT2D eigenvalue weighted by atomic mass is 35.5. The lowest BCUT2D eigenvalue weighted by atomic mass is 10.1. The number of hydrogen-bond acceptors (Lipinski definition) is 4. The number of nitrogens with zero attached hydrogens (tertiary/aromatic N) is 1. The van der Waals surface area contributed by atoms with Crippen molar-refractivity contribution in [1.29, 1.82) is 0 Å². The average molecular weight is 348 g/mol. The summed E-state index contributed by atoms with van der Waals surface area (Å²) in [6.07, 6.45) is 3.29. The summed E-state index contributed by atoms with van der Waals surface area (Å²) in [5, 5.41) is 6.87. The molecule has 0 aliphatic heterocycles.